The molecule has 1 heterocycles. The first-order valence-corrected chi connectivity index (χ1v) is 14.2. The molecule has 7 heteroatoms. The van der Waals surface area contributed by atoms with Crippen LogP contribution in [0.3, 0.4) is 0 Å². The highest BCUT2D eigenvalue weighted by Gasteiger charge is 2.30. The number of carbonyl (C=O) groups excluding carboxylic acids is 1. The second-order valence-corrected chi connectivity index (χ2v) is 11.8. The Morgan fingerprint density at radius 2 is 1.97 bits per heavy atom. The molecule has 0 aromatic heterocycles. The monoisotopic (exact) mass is 528 g/mol. The van der Waals surface area contributed by atoms with Crippen LogP contribution in [-0.4, -0.2) is 51.7 Å². The highest BCUT2D eigenvalue weighted by molar-refractivity contribution is 7.99. The molecule has 3 unspecified atom stereocenters. The molecule has 37 heavy (non-hydrogen) atoms. The molecular weight excluding hydrogens is 480 g/mol. The fourth-order valence-electron chi connectivity index (χ4n) is 4.17. The van der Waals surface area contributed by atoms with Gasteiger partial charge in [0.2, 0.25) is 5.91 Å². The molecule has 0 aromatic rings. The third-order valence-corrected chi connectivity index (χ3v) is 7.57. The van der Waals surface area contributed by atoms with Crippen molar-refractivity contribution in [1.82, 2.24) is 14.9 Å². The smallest absolute Gasteiger partial charge is 0.242 e. The molecule has 0 saturated carbocycles. The van der Waals surface area contributed by atoms with Crippen LogP contribution in [0.2, 0.25) is 0 Å². The van der Waals surface area contributed by atoms with E-state index >= 15 is 0 Å². The second kappa shape index (κ2) is 16.4. The van der Waals surface area contributed by atoms with Crippen LogP contribution in [0, 0.1) is 5.41 Å². The lowest BCUT2D eigenvalue weighted by molar-refractivity contribution is -0.124. The van der Waals surface area contributed by atoms with Crippen LogP contribution in [0.15, 0.2) is 77.5 Å². The minimum Gasteiger partial charge on any atom is -0.374 e. The number of aliphatic imine (C=N–C) groups is 1. The summed E-state index contributed by atoms with van der Waals surface area (Å²) < 4.78 is 15.0. The van der Waals surface area contributed by atoms with Gasteiger partial charge in [-0.2, -0.15) is 0 Å². The van der Waals surface area contributed by atoms with E-state index in [9.17, 15) is 9.00 Å². The van der Waals surface area contributed by atoms with Gasteiger partial charge in [0.05, 0.1) is 6.04 Å². The SMILES string of the molecule is C=C/C=C\C(=NC)S(=O)N1CCCC(NC(=O)C(CC(C)(C)C)NC(=C/C)/C(=C/C)C/C=C\C)C(=C)C1. The van der Waals surface area contributed by atoms with Crippen LogP contribution >= 0.6 is 0 Å². The van der Waals surface area contributed by atoms with Gasteiger partial charge in [-0.05, 0) is 69.1 Å². The van der Waals surface area contributed by atoms with Gasteiger partial charge in [0.15, 0.2) is 0 Å². The third kappa shape index (κ3) is 11.2. The van der Waals surface area contributed by atoms with Crippen molar-refractivity contribution in [3.63, 3.8) is 0 Å². The molecular formula is C30H48N4O2S. The van der Waals surface area contributed by atoms with Crippen LogP contribution in [0.1, 0.15) is 67.2 Å². The lowest BCUT2D eigenvalue weighted by Crippen LogP contribution is -2.49. The van der Waals surface area contributed by atoms with Crippen molar-refractivity contribution in [2.75, 3.05) is 20.1 Å². The molecule has 1 amide bonds. The van der Waals surface area contributed by atoms with Gasteiger partial charge in [-0.3, -0.25) is 9.79 Å². The first-order chi connectivity index (χ1) is 17.5. The fourth-order valence-corrected chi connectivity index (χ4v) is 5.37. The van der Waals surface area contributed by atoms with Crippen molar-refractivity contribution in [2.45, 2.75) is 79.3 Å². The topological polar surface area (TPSA) is 73.8 Å². The average molecular weight is 529 g/mol. The average Bonchev–Trinajstić information content (AvgIpc) is 3.03. The van der Waals surface area contributed by atoms with Crippen molar-refractivity contribution >= 4 is 21.9 Å². The normalized spacial score (nSPS) is 20.7. The van der Waals surface area contributed by atoms with E-state index in [1.165, 1.54) is 0 Å². The molecule has 1 rings (SSSR count). The van der Waals surface area contributed by atoms with E-state index in [4.69, 9.17) is 0 Å². The lowest BCUT2D eigenvalue weighted by Gasteiger charge is -2.30. The van der Waals surface area contributed by atoms with E-state index in [0.29, 0.717) is 24.6 Å². The van der Waals surface area contributed by atoms with Gasteiger partial charge < -0.3 is 10.6 Å². The van der Waals surface area contributed by atoms with E-state index in [2.05, 4.69) is 61.7 Å². The highest BCUT2D eigenvalue weighted by Crippen LogP contribution is 2.24. The van der Waals surface area contributed by atoms with Gasteiger partial charge in [-0.15, -0.1) is 0 Å². The maximum absolute atomic E-state index is 13.6. The molecule has 0 spiro atoms. The molecule has 3 atom stereocenters. The molecule has 0 bridgehead atoms. The molecule has 1 aliphatic heterocycles. The van der Waals surface area contributed by atoms with Crippen LogP contribution in [-0.2, 0) is 15.8 Å². The Balaban J connectivity index is 3.05. The summed E-state index contributed by atoms with van der Waals surface area (Å²) in [6, 6.07) is -0.571. The molecule has 0 aromatic carbocycles. The summed E-state index contributed by atoms with van der Waals surface area (Å²) in [6.45, 7) is 21.5. The third-order valence-electron chi connectivity index (χ3n) is 6.12. The van der Waals surface area contributed by atoms with Gasteiger partial charge in [0.1, 0.15) is 22.1 Å². The standard InChI is InChI=1S/C30H48N4O2S/c1-10-14-17-24(12-3)25(13-4)32-27(21-30(6,7)8)29(35)33-26-18-16-20-34(22-23(26)5)37(36)28(31-9)19-15-11-2/h10-15,19,26-27,32H,2,5,16-18,20-22H2,1,3-4,6-9H3,(H,33,35)/b14-10-,19-15-,24-12+,25-13+,31-28?. The summed E-state index contributed by atoms with van der Waals surface area (Å²) in [5, 5.41) is 7.28. The Morgan fingerprint density at radius 1 is 1.27 bits per heavy atom. The van der Waals surface area contributed by atoms with E-state index in [0.717, 1.165) is 36.1 Å². The minimum atomic E-state index is -1.40. The zero-order chi connectivity index (χ0) is 28.0. The van der Waals surface area contributed by atoms with Crippen LogP contribution < -0.4 is 10.6 Å². The maximum atomic E-state index is 13.6. The Kier molecular flexibility index (Phi) is 14.4. The van der Waals surface area contributed by atoms with Gasteiger partial charge in [0.25, 0.3) is 0 Å². The largest absolute Gasteiger partial charge is 0.374 e. The van der Waals surface area contributed by atoms with Gasteiger partial charge in [0, 0.05) is 25.8 Å². The number of amides is 1. The van der Waals surface area contributed by atoms with E-state index < -0.39 is 17.0 Å². The second-order valence-electron chi connectivity index (χ2n) is 10.4. The fraction of sp³-hybridized carbons (Fsp3) is 0.533. The molecule has 0 radical (unpaired) electrons. The Bertz CT molecular complexity index is 967. The Hall–Kier alpha value is -2.51. The van der Waals surface area contributed by atoms with Crippen LogP contribution in [0.4, 0.5) is 0 Å². The van der Waals surface area contributed by atoms with E-state index in [1.807, 2.05) is 37.2 Å². The predicted molar refractivity (Wildman–Crippen MR) is 161 cm³/mol. The van der Waals surface area contributed by atoms with Crippen molar-refractivity contribution in [1.29, 1.82) is 0 Å². The maximum Gasteiger partial charge on any atom is 0.242 e. The van der Waals surface area contributed by atoms with Gasteiger partial charge >= 0.3 is 0 Å². The number of nitrogens with one attached hydrogen (secondary N) is 2. The molecule has 6 nitrogen and oxygen atoms in total. The molecule has 2 N–H and O–H groups in total. The minimum absolute atomic E-state index is 0.0405. The summed E-state index contributed by atoms with van der Waals surface area (Å²) in [4.78, 5) is 17.8. The number of hydrogen-bond acceptors (Lipinski definition) is 4. The van der Waals surface area contributed by atoms with Crippen LogP contribution in [0.25, 0.3) is 0 Å². The summed E-state index contributed by atoms with van der Waals surface area (Å²) in [7, 11) is 0.232. The number of carbonyl (C=O) groups is 1. The quantitative estimate of drug-likeness (QED) is 0.155. The molecule has 1 saturated heterocycles. The van der Waals surface area contributed by atoms with Crippen molar-refractivity contribution in [2.24, 2.45) is 10.4 Å². The molecule has 0 aliphatic carbocycles. The first kappa shape index (κ1) is 32.5. The molecule has 1 fully saturated rings. The van der Waals surface area contributed by atoms with E-state index in [-0.39, 0.29) is 17.4 Å². The predicted octanol–water partition coefficient (Wildman–Crippen LogP) is 5.77. The number of rotatable bonds is 11. The summed E-state index contributed by atoms with van der Waals surface area (Å²) in [5.41, 5.74) is 2.94. The summed E-state index contributed by atoms with van der Waals surface area (Å²) >= 11 is 0. The Morgan fingerprint density at radius 3 is 2.51 bits per heavy atom. The van der Waals surface area contributed by atoms with Crippen molar-refractivity contribution < 1.29 is 9.00 Å². The zero-order valence-corrected chi connectivity index (χ0v) is 24.8. The Labute approximate surface area is 228 Å². The lowest BCUT2D eigenvalue weighted by atomic mass is 9.87. The zero-order valence-electron chi connectivity index (χ0n) is 24.0. The highest BCUT2D eigenvalue weighted by atomic mass is 32.2. The number of nitrogens with zero attached hydrogens (tertiary/aromatic N) is 2. The summed E-state index contributed by atoms with van der Waals surface area (Å²) in [6.07, 6.45) is 16.4. The van der Waals surface area contributed by atoms with Crippen molar-refractivity contribution in [3.8, 4) is 0 Å². The first-order valence-electron chi connectivity index (χ1n) is 13.1. The van der Waals surface area contributed by atoms with Crippen molar-refractivity contribution in [3.05, 3.63) is 72.5 Å². The van der Waals surface area contributed by atoms with E-state index in [1.54, 1.807) is 25.3 Å². The molecule has 1 aliphatic rings. The van der Waals surface area contributed by atoms with Gasteiger partial charge in [-0.1, -0.05) is 70.4 Å². The van der Waals surface area contributed by atoms with Gasteiger partial charge in [-0.25, -0.2) is 8.51 Å². The summed E-state index contributed by atoms with van der Waals surface area (Å²) in [5.74, 6) is -0.0405. The van der Waals surface area contributed by atoms with Crippen LogP contribution in [0.5, 0.6) is 0 Å². The number of hydrogen-bond donors (Lipinski definition) is 2. The molecule has 206 valence electrons. The number of allylic oxidation sites excluding steroid dienone is 7.